The first-order chi connectivity index (χ1) is 16.0. The Bertz CT molecular complexity index is 1060. The van der Waals surface area contributed by atoms with E-state index in [1.165, 1.54) is 4.90 Å². The number of aromatic nitrogens is 1. The maximum atomic E-state index is 10.5. The minimum absolute atomic E-state index is 0.254. The molecule has 1 aliphatic rings. The lowest BCUT2D eigenvalue weighted by Gasteiger charge is -2.32. The van der Waals surface area contributed by atoms with Crippen LogP contribution in [-0.4, -0.2) is 72.5 Å². The van der Waals surface area contributed by atoms with Gasteiger partial charge in [-0.25, -0.2) is 4.98 Å². The Balaban J connectivity index is 1.54. The molecule has 6 heteroatoms. The van der Waals surface area contributed by atoms with Crippen LogP contribution < -0.4 is 5.32 Å². The van der Waals surface area contributed by atoms with Crippen molar-refractivity contribution in [3.63, 3.8) is 0 Å². The third-order valence-corrected chi connectivity index (χ3v) is 6.97. The van der Waals surface area contributed by atoms with E-state index in [0.29, 0.717) is 0 Å². The molecule has 5 nitrogen and oxygen atoms in total. The van der Waals surface area contributed by atoms with E-state index in [2.05, 4.69) is 64.8 Å². The number of benzene rings is 2. The van der Waals surface area contributed by atoms with Crippen molar-refractivity contribution in [1.29, 1.82) is 0 Å². The zero-order chi connectivity index (χ0) is 23.2. The van der Waals surface area contributed by atoms with E-state index in [0.717, 1.165) is 79.5 Å². The van der Waals surface area contributed by atoms with Gasteiger partial charge in [0.15, 0.2) is 0 Å². The fourth-order valence-electron chi connectivity index (χ4n) is 4.15. The standard InChI is InChI=1S/C27H34N4OS/c1-20-5-10-26(32)24(17-20)25-18-22(21-6-8-23(33-3)9-7-21)19-27(29-25)28-11-4-12-31-15-13-30(2)14-16-31/h5-10,17-19,32H,4,11-16H2,1-3H3,(H,28,29). The fourth-order valence-corrected chi connectivity index (χ4v) is 4.56. The molecule has 2 heterocycles. The zero-order valence-electron chi connectivity index (χ0n) is 19.8. The molecular weight excluding hydrogens is 428 g/mol. The van der Waals surface area contributed by atoms with Crippen molar-refractivity contribution < 1.29 is 5.11 Å². The number of hydrogen-bond acceptors (Lipinski definition) is 6. The summed E-state index contributed by atoms with van der Waals surface area (Å²) in [5.41, 5.74) is 4.88. The number of anilines is 1. The minimum atomic E-state index is 0.254. The van der Waals surface area contributed by atoms with E-state index in [9.17, 15) is 5.11 Å². The number of hydrogen-bond donors (Lipinski definition) is 2. The van der Waals surface area contributed by atoms with Crippen molar-refractivity contribution in [2.45, 2.75) is 18.2 Å². The fraction of sp³-hybridized carbons (Fsp3) is 0.370. The number of aromatic hydroxyl groups is 1. The molecule has 1 aliphatic heterocycles. The van der Waals surface area contributed by atoms with E-state index in [1.54, 1.807) is 17.8 Å². The van der Waals surface area contributed by atoms with Gasteiger partial charge in [-0.05, 0) is 80.7 Å². The van der Waals surface area contributed by atoms with Crippen molar-refractivity contribution in [2.75, 3.05) is 57.9 Å². The highest BCUT2D eigenvalue weighted by Crippen LogP contribution is 2.33. The molecular formula is C27H34N4OS. The summed E-state index contributed by atoms with van der Waals surface area (Å²) in [7, 11) is 2.19. The minimum Gasteiger partial charge on any atom is -0.507 e. The molecule has 2 aromatic carbocycles. The van der Waals surface area contributed by atoms with Gasteiger partial charge in [-0.15, -0.1) is 11.8 Å². The van der Waals surface area contributed by atoms with Crippen molar-refractivity contribution in [3.8, 4) is 28.1 Å². The molecule has 1 fully saturated rings. The average molecular weight is 463 g/mol. The van der Waals surface area contributed by atoms with Crippen LogP contribution in [0.1, 0.15) is 12.0 Å². The number of thioether (sulfide) groups is 1. The molecule has 0 radical (unpaired) electrons. The molecule has 1 aromatic heterocycles. The van der Waals surface area contributed by atoms with Crippen molar-refractivity contribution in [2.24, 2.45) is 0 Å². The summed E-state index contributed by atoms with van der Waals surface area (Å²) < 4.78 is 0. The third kappa shape index (κ3) is 6.28. The monoisotopic (exact) mass is 462 g/mol. The highest BCUT2D eigenvalue weighted by molar-refractivity contribution is 7.98. The normalized spacial score (nSPS) is 15.0. The molecule has 0 bridgehead atoms. The quantitative estimate of drug-likeness (QED) is 0.354. The molecule has 174 valence electrons. The maximum Gasteiger partial charge on any atom is 0.127 e. The summed E-state index contributed by atoms with van der Waals surface area (Å²) in [6.07, 6.45) is 3.16. The SMILES string of the molecule is CSc1ccc(-c2cc(NCCCN3CCN(C)CC3)nc(-c3cc(C)ccc3O)c2)cc1. The van der Waals surface area contributed by atoms with Crippen LogP contribution >= 0.6 is 11.8 Å². The number of nitrogens with zero attached hydrogens (tertiary/aromatic N) is 3. The Hall–Kier alpha value is -2.54. The predicted octanol–water partition coefficient (Wildman–Crippen LogP) is 5.20. The van der Waals surface area contributed by atoms with Gasteiger partial charge in [0.1, 0.15) is 11.6 Å². The number of pyridine rings is 1. The van der Waals surface area contributed by atoms with E-state index in [4.69, 9.17) is 4.98 Å². The van der Waals surface area contributed by atoms with E-state index < -0.39 is 0 Å². The highest BCUT2D eigenvalue weighted by Gasteiger charge is 2.14. The van der Waals surface area contributed by atoms with E-state index in [1.807, 2.05) is 19.1 Å². The lowest BCUT2D eigenvalue weighted by atomic mass is 10.0. The molecule has 0 spiro atoms. The van der Waals surface area contributed by atoms with Crippen molar-refractivity contribution >= 4 is 17.6 Å². The number of phenolic OH excluding ortho intramolecular Hbond substituents is 1. The zero-order valence-corrected chi connectivity index (χ0v) is 20.7. The molecule has 4 rings (SSSR count). The lowest BCUT2D eigenvalue weighted by molar-refractivity contribution is 0.154. The first-order valence-electron chi connectivity index (χ1n) is 11.6. The summed E-state index contributed by atoms with van der Waals surface area (Å²) in [5, 5.41) is 14.0. The largest absolute Gasteiger partial charge is 0.507 e. The van der Waals surface area contributed by atoms with Gasteiger partial charge in [-0.3, -0.25) is 0 Å². The van der Waals surface area contributed by atoms with Crippen LogP contribution in [0.2, 0.25) is 0 Å². The second-order valence-electron chi connectivity index (χ2n) is 8.80. The van der Waals surface area contributed by atoms with Crippen LogP contribution in [0.15, 0.2) is 59.5 Å². The van der Waals surface area contributed by atoms with Gasteiger partial charge in [0.25, 0.3) is 0 Å². The highest BCUT2D eigenvalue weighted by atomic mass is 32.2. The second kappa shape index (κ2) is 11.1. The summed E-state index contributed by atoms with van der Waals surface area (Å²) in [5.74, 6) is 1.10. The molecule has 0 atom stereocenters. The van der Waals surface area contributed by atoms with Crippen LogP contribution in [-0.2, 0) is 0 Å². The van der Waals surface area contributed by atoms with E-state index >= 15 is 0 Å². The van der Waals surface area contributed by atoms with Crippen LogP contribution in [0.5, 0.6) is 5.75 Å². The second-order valence-corrected chi connectivity index (χ2v) is 9.68. The topological polar surface area (TPSA) is 51.6 Å². The van der Waals surface area contributed by atoms with Gasteiger partial charge < -0.3 is 20.2 Å². The lowest BCUT2D eigenvalue weighted by Crippen LogP contribution is -2.44. The summed E-state index contributed by atoms with van der Waals surface area (Å²) in [6, 6.07) is 18.4. The molecule has 0 aliphatic carbocycles. The Morgan fingerprint density at radius 1 is 0.970 bits per heavy atom. The average Bonchev–Trinajstić information content (AvgIpc) is 2.84. The smallest absolute Gasteiger partial charge is 0.127 e. The van der Waals surface area contributed by atoms with E-state index in [-0.39, 0.29) is 5.75 Å². The number of nitrogens with one attached hydrogen (secondary N) is 1. The van der Waals surface area contributed by atoms with Crippen molar-refractivity contribution in [1.82, 2.24) is 14.8 Å². The first-order valence-corrected chi connectivity index (χ1v) is 12.9. The van der Waals surface area contributed by atoms with Gasteiger partial charge in [-0.1, -0.05) is 23.8 Å². The van der Waals surface area contributed by atoms with Gasteiger partial charge in [-0.2, -0.15) is 0 Å². The number of likely N-dealkylation sites (N-methyl/N-ethyl adjacent to an activating group) is 1. The van der Waals surface area contributed by atoms with Crippen LogP contribution in [0.25, 0.3) is 22.4 Å². The Kier molecular flexibility index (Phi) is 7.91. The molecule has 2 N–H and O–H groups in total. The molecule has 3 aromatic rings. The molecule has 33 heavy (non-hydrogen) atoms. The van der Waals surface area contributed by atoms with Crippen LogP contribution in [0, 0.1) is 6.92 Å². The Labute approximate surface area is 201 Å². The van der Waals surface area contributed by atoms with Gasteiger partial charge in [0.05, 0.1) is 5.69 Å². The third-order valence-electron chi connectivity index (χ3n) is 6.23. The number of rotatable bonds is 8. The Morgan fingerprint density at radius 3 is 2.45 bits per heavy atom. The Morgan fingerprint density at radius 2 is 1.73 bits per heavy atom. The van der Waals surface area contributed by atoms with Crippen molar-refractivity contribution in [3.05, 3.63) is 60.2 Å². The van der Waals surface area contributed by atoms with Crippen LogP contribution in [0.4, 0.5) is 5.82 Å². The summed E-state index contributed by atoms with van der Waals surface area (Å²) >= 11 is 1.74. The summed E-state index contributed by atoms with van der Waals surface area (Å²) in [6.45, 7) is 8.59. The maximum absolute atomic E-state index is 10.5. The van der Waals surface area contributed by atoms with Gasteiger partial charge >= 0.3 is 0 Å². The number of phenols is 1. The van der Waals surface area contributed by atoms with Gasteiger partial charge in [0, 0.05) is 43.2 Å². The first kappa shape index (κ1) is 23.6. The van der Waals surface area contributed by atoms with Gasteiger partial charge in [0.2, 0.25) is 0 Å². The molecule has 0 saturated carbocycles. The number of piperazine rings is 1. The molecule has 0 amide bonds. The summed E-state index contributed by atoms with van der Waals surface area (Å²) in [4.78, 5) is 11.0. The predicted molar refractivity (Wildman–Crippen MR) is 140 cm³/mol. The number of aryl methyl sites for hydroxylation is 1. The molecule has 1 saturated heterocycles. The van der Waals surface area contributed by atoms with Crippen LogP contribution in [0.3, 0.4) is 0 Å². The molecule has 0 unspecified atom stereocenters.